The summed E-state index contributed by atoms with van der Waals surface area (Å²) in [5.74, 6) is 0.129. The van der Waals surface area contributed by atoms with Crippen LogP contribution >= 0.6 is 0 Å². The first kappa shape index (κ1) is 12.9. The minimum Gasteiger partial charge on any atom is -0.472 e. The Balaban J connectivity index is 2.14. The highest BCUT2D eigenvalue weighted by Crippen LogP contribution is 2.22. The SMILES string of the molecule is CC(=O)CC1CCCCCN1C(=O)c1ccoc1. The summed E-state index contributed by atoms with van der Waals surface area (Å²) >= 11 is 0. The molecule has 1 saturated heterocycles. The van der Waals surface area contributed by atoms with Crippen LogP contribution in [0.3, 0.4) is 0 Å². The molecule has 18 heavy (non-hydrogen) atoms. The fourth-order valence-corrected chi connectivity index (χ4v) is 2.54. The number of amides is 1. The molecular formula is C14H19NO3. The maximum atomic E-state index is 12.4. The van der Waals surface area contributed by atoms with Gasteiger partial charge in [-0.3, -0.25) is 9.59 Å². The molecule has 4 nitrogen and oxygen atoms in total. The van der Waals surface area contributed by atoms with Crippen LogP contribution in [0.4, 0.5) is 0 Å². The molecule has 1 aromatic rings. The number of hydrogen-bond donors (Lipinski definition) is 0. The largest absolute Gasteiger partial charge is 0.472 e. The van der Waals surface area contributed by atoms with Crippen molar-refractivity contribution in [2.24, 2.45) is 0 Å². The van der Waals surface area contributed by atoms with Crippen LogP contribution in [0.15, 0.2) is 23.0 Å². The number of Topliss-reactive ketones (excluding diaryl/α,β-unsaturated/α-hetero) is 1. The van der Waals surface area contributed by atoms with Crippen molar-refractivity contribution in [1.82, 2.24) is 4.90 Å². The third-order valence-corrected chi connectivity index (χ3v) is 3.43. The summed E-state index contributed by atoms with van der Waals surface area (Å²) < 4.78 is 4.96. The zero-order valence-electron chi connectivity index (χ0n) is 10.7. The van der Waals surface area contributed by atoms with Gasteiger partial charge in [0.05, 0.1) is 11.8 Å². The molecule has 0 spiro atoms. The Morgan fingerprint density at radius 2 is 2.22 bits per heavy atom. The second-order valence-electron chi connectivity index (χ2n) is 4.92. The number of ketones is 1. The Morgan fingerprint density at radius 1 is 1.39 bits per heavy atom. The second-order valence-corrected chi connectivity index (χ2v) is 4.92. The first-order chi connectivity index (χ1) is 8.68. The highest BCUT2D eigenvalue weighted by molar-refractivity contribution is 5.94. The van der Waals surface area contributed by atoms with Gasteiger partial charge in [-0.25, -0.2) is 0 Å². The number of furan rings is 1. The highest BCUT2D eigenvalue weighted by Gasteiger charge is 2.27. The zero-order chi connectivity index (χ0) is 13.0. The van der Waals surface area contributed by atoms with E-state index in [1.165, 1.54) is 12.5 Å². The van der Waals surface area contributed by atoms with Crippen molar-refractivity contribution in [2.75, 3.05) is 6.54 Å². The maximum Gasteiger partial charge on any atom is 0.257 e. The van der Waals surface area contributed by atoms with Crippen LogP contribution in [0.5, 0.6) is 0 Å². The van der Waals surface area contributed by atoms with E-state index in [4.69, 9.17) is 4.42 Å². The number of hydrogen-bond acceptors (Lipinski definition) is 3. The smallest absolute Gasteiger partial charge is 0.257 e. The fourth-order valence-electron chi connectivity index (χ4n) is 2.54. The molecule has 2 rings (SSSR count). The van der Waals surface area contributed by atoms with Crippen LogP contribution in [0.2, 0.25) is 0 Å². The van der Waals surface area contributed by atoms with E-state index in [1.54, 1.807) is 13.0 Å². The molecule has 0 N–H and O–H groups in total. The second kappa shape index (κ2) is 5.85. The molecule has 1 atom stereocenters. The first-order valence-electron chi connectivity index (χ1n) is 6.51. The number of nitrogens with zero attached hydrogens (tertiary/aromatic N) is 1. The topological polar surface area (TPSA) is 50.5 Å². The Kier molecular flexibility index (Phi) is 4.18. The monoisotopic (exact) mass is 249 g/mol. The Morgan fingerprint density at radius 3 is 2.89 bits per heavy atom. The van der Waals surface area contributed by atoms with Crippen molar-refractivity contribution in [3.63, 3.8) is 0 Å². The fraction of sp³-hybridized carbons (Fsp3) is 0.571. The standard InChI is InChI=1S/C14H19NO3/c1-11(16)9-13-5-3-2-4-7-15(13)14(17)12-6-8-18-10-12/h6,8,10,13H,2-5,7,9H2,1H3. The van der Waals surface area contributed by atoms with Gasteiger partial charge >= 0.3 is 0 Å². The summed E-state index contributed by atoms with van der Waals surface area (Å²) in [6.07, 6.45) is 7.59. The molecule has 98 valence electrons. The Hall–Kier alpha value is -1.58. The summed E-state index contributed by atoms with van der Waals surface area (Å²) in [6, 6.07) is 1.73. The minimum absolute atomic E-state index is 0.0168. The molecule has 0 radical (unpaired) electrons. The van der Waals surface area contributed by atoms with Crippen LogP contribution in [0.25, 0.3) is 0 Å². The molecule has 1 amide bonds. The summed E-state index contributed by atoms with van der Waals surface area (Å²) in [6.45, 7) is 2.33. The van der Waals surface area contributed by atoms with Crippen LogP contribution < -0.4 is 0 Å². The van der Waals surface area contributed by atoms with Gasteiger partial charge in [0.25, 0.3) is 5.91 Å². The first-order valence-corrected chi connectivity index (χ1v) is 6.51. The van der Waals surface area contributed by atoms with E-state index < -0.39 is 0 Å². The van der Waals surface area contributed by atoms with Crippen molar-refractivity contribution in [3.8, 4) is 0 Å². The van der Waals surface area contributed by atoms with Crippen LogP contribution in [-0.2, 0) is 4.79 Å². The number of likely N-dealkylation sites (tertiary alicyclic amines) is 1. The zero-order valence-corrected chi connectivity index (χ0v) is 10.7. The summed E-state index contributed by atoms with van der Waals surface area (Å²) in [5, 5.41) is 0. The van der Waals surface area contributed by atoms with E-state index in [0.717, 1.165) is 32.2 Å². The third kappa shape index (κ3) is 3.00. The van der Waals surface area contributed by atoms with Gasteiger partial charge in [0.2, 0.25) is 0 Å². The molecule has 1 aliphatic rings. The predicted octanol–water partition coefficient (Wildman–Crippen LogP) is 2.64. The van der Waals surface area contributed by atoms with Crippen LogP contribution in [0.1, 0.15) is 49.4 Å². The number of rotatable bonds is 3. The summed E-state index contributed by atoms with van der Waals surface area (Å²) in [4.78, 5) is 25.5. The van der Waals surface area contributed by atoms with E-state index in [9.17, 15) is 9.59 Å². The lowest BCUT2D eigenvalue weighted by Crippen LogP contribution is -2.40. The molecule has 0 bridgehead atoms. The van der Waals surface area contributed by atoms with E-state index in [-0.39, 0.29) is 17.7 Å². The van der Waals surface area contributed by atoms with Gasteiger partial charge in [-0.1, -0.05) is 12.8 Å². The number of carbonyl (C=O) groups is 2. The van der Waals surface area contributed by atoms with E-state index in [1.807, 2.05) is 4.90 Å². The van der Waals surface area contributed by atoms with Gasteiger partial charge in [0.1, 0.15) is 12.0 Å². The van der Waals surface area contributed by atoms with Gasteiger partial charge in [-0.15, -0.1) is 0 Å². The van der Waals surface area contributed by atoms with Gasteiger partial charge in [0.15, 0.2) is 0 Å². The molecule has 0 saturated carbocycles. The lowest BCUT2D eigenvalue weighted by molar-refractivity contribution is -0.118. The van der Waals surface area contributed by atoms with Crippen molar-refractivity contribution in [3.05, 3.63) is 24.2 Å². The molecule has 1 unspecified atom stereocenters. The molecule has 4 heteroatoms. The molecule has 2 heterocycles. The van der Waals surface area contributed by atoms with Crippen molar-refractivity contribution >= 4 is 11.7 Å². The molecule has 1 aliphatic heterocycles. The van der Waals surface area contributed by atoms with Crippen molar-refractivity contribution in [1.29, 1.82) is 0 Å². The normalized spacial score (nSPS) is 20.5. The summed E-state index contributed by atoms with van der Waals surface area (Å²) in [5.41, 5.74) is 0.574. The van der Waals surface area contributed by atoms with Crippen LogP contribution in [-0.4, -0.2) is 29.2 Å². The van der Waals surface area contributed by atoms with Gasteiger partial charge in [0, 0.05) is 19.0 Å². The third-order valence-electron chi connectivity index (χ3n) is 3.43. The summed E-state index contributed by atoms with van der Waals surface area (Å²) in [7, 11) is 0. The molecule has 1 aromatic heterocycles. The Bertz CT molecular complexity index is 411. The molecular weight excluding hydrogens is 230 g/mol. The quantitative estimate of drug-likeness (QED) is 0.827. The van der Waals surface area contributed by atoms with E-state index >= 15 is 0 Å². The van der Waals surface area contributed by atoms with Crippen molar-refractivity contribution < 1.29 is 14.0 Å². The highest BCUT2D eigenvalue weighted by atomic mass is 16.3. The molecule has 0 aromatic carbocycles. The lowest BCUT2D eigenvalue weighted by Gasteiger charge is -2.29. The average Bonchev–Trinajstić information content (AvgIpc) is 2.76. The predicted molar refractivity (Wildman–Crippen MR) is 67.3 cm³/mol. The average molecular weight is 249 g/mol. The van der Waals surface area contributed by atoms with E-state index in [0.29, 0.717) is 12.0 Å². The number of carbonyl (C=O) groups excluding carboxylic acids is 2. The van der Waals surface area contributed by atoms with Gasteiger partial charge in [-0.05, 0) is 25.8 Å². The van der Waals surface area contributed by atoms with Gasteiger partial charge < -0.3 is 9.32 Å². The Labute approximate surface area is 107 Å². The maximum absolute atomic E-state index is 12.4. The molecule has 0 aliphatic carbocycles. The van der Waals surface area contributed by atoms with E-state index in [2.05, 4.69) is 0 Å². The van der Waals surface area contributed by atoms with Crippen molar-refractivity contribution in [2.45, 2.75) is 45.1 Å². The minimum atomic E-state index is -0.0168. The lowest BCUT2D eigenvalue weighted by atomic mass is 10.0. The van der Waals surface area contributed by atoms with Crippen LogP contribution in [0, 0.1) is 0 Å². The van der Waals surface area contributed by atoms with Gasteiger partial charge in [-0.2, -0.15) is 0 Å². The molecule has 1 fully saturated rings.